The van der Waals surface area contributed by atoms with Crippen molar-refractivity contribution in [2.24, 2.45) is 0 Å². The van der Waals surface area contributed by atoms with Gasteiger partial charge in [0.05, 0.1) is 11.6 Å². The molecule has 2 aromatic rings. The number of hydrogen-bond acceptors (Lipinski definition) is 4. The zero-order chi connectivity index (χ0) is 12.8. The molecular weight excluding hydrogens is 268 g/mol. The maximum absolute atomic E-state index is 9.13. The van der Waals surface area contributed by atoms with Gasteiger partial charge in [0.1, 0.15) is 0 Å². The highest BCUT2D eigenvalue weighted by Gasteiger charge is 2.09. The van der Waals surface area contributed by atoms with Crippen LogP contribution in [0.3, 0.4) is 0 Å². The number of aromatic nitrogens is 1. The van der Waals surface area contributed by atoms with Crippen LogP contribution in [0.15, 0.2) is 35.3 Å². The first kappa shape index (κ1) is 13.5. The summed E-state index contributed by atoms with van der Waals surface area (Å²) in [6, 6.07) is 4.02. The second-order valence-electron chi connectivity index (χ2n) is 4.03. The first-order chi connectivity index (χ1) is 8.79. The monoisotopic (exact) mass is 282 g/mol. The Balaban J connectivity index is 2.04. The standard InChI is InChI=1S/C13H15ClN2OS/c14-13-7-15-3-1-12(13)9-16(4-5-17)8-11-2-6-18-10-11/h1-3,6-7,10,17H,4-5,8-9H2. The van der Waals surface area contributed by atoms with Crippen LogP contribution in [0.2, 0.25) is 5.02 Å². The zero-order valence-corrected chi connectivity index (χ0v) is 11.5. The van der Waals surface area contributed by atoms with Gasteiger partial charge in [-0.05, 0) is 34.0 Å². The molecule has 3 nitrogen and oxygen atoms in total. The van der Waals surface area contributed by atoms with Gasteiger partial charge in [0.15, 0.2) is 0 Å². The van der Waals surface area contributed by atoms with E-state index >= 15 is 0 Å². The van der Waals surface area contributed by atoms with Crippen molar-refractivity contribution >= 4 is 22.9 Å². The van der Waals surface area contributed by atoms with E-state index in [4.69, 9.17) is 16.7 Å². The lowest BCUT2D eigenvalue weighted by molar-refractivity contribution is 0.184. The number of pyridine rings is 1. The van der Waals surface area contributed by atoms with E-state index < -0.39 is 0 Å². The molecule has 0 bridgehead atoms. The van der Waals surface area contributed by atoms with Crippen LogP contribution in [-0.4, -0.2) is 28.1 Å². The molecule has 0 amide bonds. The topological polar surface area (TPSA) is 36.4 Å². The molecule has 0 aliphatic heterocycles. The minimum absolute atomic E-state index is 0.146. The number of aliphatic hydroxyl groups is 1. The van der Waals surface area contributed by atoms with Crippen LogP contribution in [0.4, 0.5) is 0 Å². The molecular formula is C13H15ClN2OS. The smallest absolute Gasteiger partial charge is 0.0634 e. The van der Waals surface area contributed by atoms with E-state index in [0.29, 0.717) is 11.6 Å². The molecule has 0 atom stereocenters. The Hall–Kier alpha value is -0.940. The van der Waals surface area contributed by atoms with Gasteiger partial charge in [-0.3, -0.25) is 9.88 Å². The van der Waals surface area contributed by atoms with Gasteiger partial charge in [0.2, 0.25) is 0 Å². The molecule has 0 saturated carbocycles. The molecule has 0 aliphatic rings. The molecule has 18 heavy (non-hydrogen) atoms. The van der Waals surface area contributed by atoms with Crippen molar-refractivity contribution in [3.63, 3.8) is 0 Å². The van der Waals surface area contributed by atoms with E-state index in [1.54, 1.807) is 23.7 Å². The molecule has 2 heterocycles. The molecule has 0 fully saturated rings. The number of halogens is 1. The first-order valence-corrected chi connectivity index (χ1v) is 7.04. The van der Waals surface area contributed by atoms with Crippen LogP contribution >= 0.6 is 22.9 Å². The van der Waals surface area contributed by atoms with Crippen LogP contribution < -0.4 is 0 Å². The van der Waals surface area contributed by atoms with Crippen LogP contribution in [0.5, 0.6) is 0 Å². The summed E-state index contributed by atoms with van der Waals surface area (Å²) in [6.07, 6.45) is 3.39. The SMILES string of the molecule is OCCN(Cc1ccsc1)Cc1ccncc1Cl. The van der Waals surface area contributed by atoms with Crippen molar-refractivity contribution in [2.75, 3.05) is 13.2 Å². The third-order valence-corrected chi connectivity index (χ3v) is 3.73. The third-order valence-electron chi connectivity index (χ3n) is 2.65. The summed E-state index contributed by atoms with van der Waals surface area (Å²) in [4.78, 5) is 6.15. The van der Waals surface area contributed by atoms with Crippen molar-refractivity contribution in [1.29, 1.82) is 0 Å². The van der Waals surface area contributed by atoms with Gasteiger partial charge in [0, 0.05) is 32.0 Å². The van der Waals surface area contributed by atoms with Crippen LogP contribution in [0.25, 0.3) is 0 Å². The molecule has 0 radical (unpaired) electrons. The molecule has 2 rings (SSSR count). The highest BCUT2D eigenvalue weighted by Crippen LogP contribution is 2.17. The summed E-state index contributed by atoms with van der Waals surface area (Å²) >= 11 is 7.78. The average molecular weight is 283 g/mol. The van der Waals surface area contributed by atoms with E-state index in [0.717, 1.165) is 18.7 Å². The van der Waals surface area contributed by atoms with Gasteiger partial charge >= 0.3 is 0 Å². The van der Waals surface area contributed by atoms with Crippen LogP contribution in [0.1, 0.15) is 11.1 Å². The summed E-state index contributed by atoms with van der Waals surface area (Å²) in [7, 11) is 0. The molecule has 96 valence electrons. The maximum atomic E-state index is 9.13. The quantitative estimate of drug-likeness (QED) is 0.885. The lowest BCUT2D eigenvalue weighted by atomic mass is 10.2. The molecule has 0 aromatic carbocycles. The number of nitrogens with zero attached hydrogens (tertiary/aromatic N) is 2. The molecule has 5 heteroatoms. The van der Waals surface area contributed by atoms with E-state index in [9.17, 15) is 0 Å². The number of thiophene rings is 1. The molecule has 2 aromatic heterocycles. The van der Waals surface area contributed by atoms with Gasteiger partial charge in [-0.15, -0.1) is 0 Å². The van der Waals surface area contributed by atoms with Crippen LogP contribution in [0, 0.1) is 0 Å². The van der Waals surface area contributed by atoms with Crippen LogP contribution in [-0.2, 0) is 13.1 Å². The van der Waals surface area contributed by atoms with Gasteiger partial charge in [-0.25, -0.2) is 0 Å². The number of aliphatic hydroxyl groups excluding tert-OH is 1. The highest BCUT2D eigenvalue weighted by atomic mass is 35.5. The maximum Gasteiger partial charge on any atom is 0.0634 e. The molecule has 0 aliphatic carbocycles. The summed E-state index contributed by atoms with van der Waals surface area (Å²) in [5.41, 5.74) is 2.30. The van der Waals surface area contributed by atoms with Crippen molar-refractivity contribution < 1.29 is 5.11 Å². The Labute approximate surface area is 116 Å². The van der Waals surface area contributed by atoms with E-state index in [-0.39, 0.29) is 6.61 Å². The van der Waals surface area contributed by atoms with Crippen molar-refractivity contribution in [3.05, 3.63) is 51.4 Å². The predicted molar refractivity (Wildman–Crippen MR) is 74.8 cm³/mol. The fraction of sp³-hybridized carbons (Fsp3) is 0.308. The van der Waals surface area contributed by atoms with Gasteiger partial charge in [-0.2, -0.15) is 11.3 Å². The van der Waals surface area contributed by atoms with Gasteiger partial charge < -0.3 is 5.11 Å². The van der Waals surface area contributed by atoms with E-state index in [2.05, 4.69) is 26.7 Å². The summed E-state index contributed by atoms with van der Waals surface area (Å²) in [5, 5.41) is 14.0. The Morgan fingerprint density at radius 1 is 1.33 bits per heavy atom. The van der Waals surface area contributed by atoms with E-state index in [1.807, 2.05) is 6.07 Å². The first-order valence-electron chi connectivity index (χ1n) is 5.72. The van der Waals surface area contributed by atoms with Gasteiger partial charge in [0.25, 0.3) is 0 Å². The minimum Gasteiger partial charge on any atom is -0.395 e. The average Bonchev–Trinajstić information content (AvgIpc) is 2.85. The molecule has 1 N–H and O–H groups in total. The Morgan fingerprint density at radius 2 is 2.22 bits per heavy atom. The van der Waals surface area contributed by atoms with Crippen molar-refractivity contribution in [2.45, 2.75) is 13.1 Å². The normalized spacial score (nSPS) is 11.1. The molecule has 0 unspecified atom stereocenters. The number of hydrogen-bond donors (Lipinski definition) is 1. The lowest BCUT2D eigenvalue weighted by Gasteiger charge is -2.21. The molecule has 0 saturated heterocycles. The minimum atomic E-state index is 0.146. The number of rotatable bonds is 6. The largest absolute Gasteiger partial charge is 0.395 e. The van der Waals surface area contributed by atoms with Gasteiger partial charge in [-0.1, -0.05) is 11.6 Å². The second kappa shape index (κ2) is 6.85. The summed E-state index contributed by atoms with van der Waals surface area (Å²) < 4.78 is 0. The fourth-order valence-electron chi connectivity index (χ4n) is 1.77. The summed E-state index contributed by atoms with van der Waals surface area (Å²) in [5.74, 6) is 0. The van der Waals surface area contributed by atoms with E-state index in [1.165, 1.54) is 5.56 Å². The van der Waals surface area contributed by atoms with Crippen molar-refractivity contribution in [1.82, 2.24) is 9.88 Å². The second-order valence-corrected chi connectivity index (χ2v) is 5.22. The third kappa shape index (κ3) is 3.78. The lowest BCUT2D eigenvalue weighted by Crippen LogP contribution is -2.26. The Bertz CT molecular complexity index is 476. The predicted octanol–water partition coefficient (Wildman–Crippen LogP) is 2.79. The summed E-state index contributed by atoms with van der Waals surface area (Å²) in [6.45, 7) is 2.32. The molecule has 0 spiro atoms. The Morgan fingerprint density at radius 3 is 2.89 bits per heavy atom. The zero-order valence-electron chi connectivity index (χ0n) is 9.92. The Kier molecular flexibility index (Phi) is 5.13. The van der Waals surface area contributed by atoms with Crippen molar-refractivity contribution in [3.8, 4) is 0 Å². The fourth-order valence-corrected chi connectivity index (χ4v) is 2.61. The highest BCUT2D eigenvalue weighted by molar-refractivity contribution is 7.07.